The average Bonchev–Trinajstić information content (AvgIpc) is 2.79. The molecule has 17 heavy (non-hydrogen) atoms. The molecule has 0 aliphatic rings. The molecule has 0 spiro atoms. The molecule has 1 amide bonds. The van der Waals surface area contributed by atoms with Crippen LogP contribution in [0.2, 0.25) is 0 Å². The zero-order valence-electron chi connectivity index (χ0n) is 10.9. The molecule has 0 bridgehead atoms. The fraction of sp³-hybridized carbons (Fsp3) is 0.667. The van der Waals surface area contributed by atoms with Gasteiger partial charge in [0, 0.05) is 25.5 Å². The molecule has 0 N–H and O–H groups in total. The van der Waals surface area contributed by atoms with Crippen molar-refractivity contribution < 1.29 is 4.79 Å². The van der Waals surface area contributed by atoms with Crippen LogP contribution in [0.15, 0.2) is 6.07 Å². The average molecular weight is 258 g/mol. The molecule has 1 rings (SSSR count). The summed E-state index contributed by atoms with van der Waals surface area (Å²) in [6.45, 7) is 6.64. The Bertz CT molecular complexity index is 389. The van der Waals surface area contributed by atoms with Crippen molar-refractivity contribution in [1.82, 2.24) is 14.7 Å². The van der Waals surface area contributed by atoms with Crippen LogP contribution in [0.25, 0.3) is 0 Å². The van der Waals surface area contributed by atoms with Crippen LogP contribution < -0.4 is 0 Å². The molecular weight excluding hydrogens is 238 g/mol. The Morgan fingerprint density at radius 1 is 1.59 bits per heavy atom. The molecule has 0 saturated carbocycles. The lowest BCUT2D eigenvalue weighted by Crippen LogP contribution is -2.37. The maximum absolute atomic E-state index is 12.3. The van der Waals surface area contributed by atoms with Crippen molar-refractivity contribution in [2.45, 2.75) is 39.8 Å². The van der Waals surface area contributed by atoms with E-state index in [0.29, 0.717) is 18.1 Å². The molecule has 0 aliphatic carbocycles. The first kappa shape index (κ1) is 14.0. The third-order valence-corrected chi connectivity index (χ3v) is 3.36. The fourth-order valence-corrected chi connectivity index (χ4v) is 1.75. The molecule has 0 fully saturated rings. The highest BCUT2D eigenvalue weighted by Gasteiger charge is 2.21. The molecule has 0 aromatic carbocycles. The topological polar surface area (TPSA) is 38.1 Å². The minimum absolute atomic E-state index is 0.0211. The van der Waals surface area contributed by atoms with Gasteiger partial charge < -0.3 is 4.90 Å². The van der Waals surface area contributed by atoms with Crippen molar-refractivity contribution in [3.05, 3.63) is 17.5 Å². The Balaban J connectivity index is 2.98. The van der Waals surface area contributed by atoms with E-state index >= 15 is 0 Å². The first-order valence-corrected chi connectivity index (χ1v) is 6.48. The normalized spacial score (nSPS) is 12.5. The van der Waals surface area contributed by atoms with Gasteiger partial charge in [0.1, 0.15) is 5.69 Å². The molecule has 1 unspecified atom stereocenters. The second-order valence-corrected chi connectivity index (χ2v) is 4.42. The number of aromatic nitrogens is 2. The lowest BCUT2D eigenvalue weighted by molar-refractivity contribution is 0.0744. The molecule has 4 nitrogen and oxygen atoms in total. The number of hydrogen-bond donors (Lipinski definition) is 0. The first-order chi connectivity index (χ1) is 8.04. The van der Waals surface area contributed by atoms with Crippen LogP contribution in [0.5, 0.6) is 0 Å². The van der Waals surface area contributed by atoms with Crippen molar-refractivity contribution in [2.75, 3.05) is 12.9 Å². The number of halogens is 1. The summed E-state index contributed by atoms with van der Waals surface area (Å²) in [6.07, 6.45) is 0.835. The van der Waals surface area contributed by atoms with Gasteiger partial charge in [0.2, 0.25) is 0 Å². The predicted octanol–water partition coefficient (Wildman–Crippen LogP) is 2.16. The van der Waals surface area contributed by atoms with Crippen molar-refractivity contribution >= 4 is 17.5 Å². The number of rotatable bonds is 5. The van der Waals surface area contributed by atoms with Crippen LogP contribution in [-0.4, -0.2) is 39.6 Å². The van der Waals surface area contributed by atoms with E-state index in [2.05, 4.69) is 5.10 Å². The summed E-state index contributed by atoms with van der Waals surface area (Å²) in [5, 5.41) is 4.37. The number of carbonyl (C=O) groups excluding carboxylic acids is 1. The van der Waals surface area contributed by atoms with Gasteiger partial charge in [-0.25, -0.2) is 0 Å². The van der Waals surface area contributed by atoms with Gasteiger partial charge in [0.05, 0.1) is 5.69 Å². The van der Waals surface area contributed by atoms with E-state index in [1.54, 1.807) is 16.6 Å². The summed E-state index contributed by atoms with van der Waals surface area (Å²) in [7, 11) is 1.77. The highest BCUT2D eigenvalue weighted by Crippen LogP contribution is 2.10. The van der Waals surface area contributed by atoms with Crippen molar-refractivity contribution in [1.29, 1.82) is 0 Å². The van der Waals surface area contributed by atoms with Crippen LogP contribution in [0.1, 0.15) is 37.0 Å². The monoisotopic (exact) mass is 257 g/mol. The Kier molecular flexibility index (Phi) is 5.00. The third kappa shape index (κ3) is 3.00. The number of alkyl halides is 1. The standard InChI is InChI=1S/C12H20ClN3O/c1-5-10-7-11(16(6-2)14-10)12(17)15(4)9(3)8-13/h7,9H,5-6,8H2,1-4H3. The van der Waals surface area contributed by atoms with Gasteiger partial charge >= 0.3 is 0 Å². The lowest BCUT2D eigenvalue weighted by Gasteiger charge is -2.23. The van der Waals surface area contributed by atoms with E-state index in [4.69, 9.17) is 11.6 Å². The summed E-state index contributed by atoms with van der Waals surface area (Å²) >= 11 is 5.77. The Morgan fingerprint density at radius 2 is 2.24 bits per heavy atom. The van der Waals surface area contributed by atoms with Crippen molar-refractivity contribution in [2.24, 2.45) is 0 Å². The molecule has 5 heteroatoms. The van der Waals surface area contributed by atoms with Gasteiger partial charge in [0.15, 0.2) is 0 Å². The third-order valence-electron chi connectivity index (χ3n) is 2.92. The summed E-state index contributed by atoms with van der Waals surface area (Å²) in [5.41, 5.74) is 1.59. The van der Waals surface area contributed by atoms with Gasteiger partial charge in [-0.3, -0.25) is 9.48 Å². The lowest BCUT2D eigenvalue weighted by atomic mass is 10.2. The quantitative estimate of drug-likeness (QED) is 0.759. The van der Waals surface area contributed by atoms with Crippen LogP contribution in [0.3, 0.4) is 0 Å². The number of amides is 1. The van der Waals surface area contributed by atoms with Crippen molar-refractivity contribution in [3.63, 3.8) is 0 Å². The Hall–Kier alpha value is -1.03. The highest BCUT2D eigenvalue weighted by molar-refractivity contribution is 6.18. The second-order valence-electron chi connectivity index (χ2n) is 4.11. The van der Waals surface area contributed by atoms with Crippen LogP contribution in [-0.2, 0) is 13.0 Å². The summed E-state index contributed by atoms with van der Waals surface area (Å²) in [5.74, 6) is 0.413. The number of hydrogen-bond acceptors (Lipinski definition) is 2. The van der Waals surface area contributed by atoms with Gasteiger partial charge in [-0.2, -0.15) is 5.10 Å². The molecular formula is C12H20ClN3O. The maximum atomic E-state index is 12.3. The second kappa shape index (κ2) is 6.05. The molecule has 0 saturated heterocycles. The van der Waals surface area contributed by atoms with Gasteiger partial charge in [-0.15, -0.1) is 11.6 Å². The zero-order valence-corrected chi connectivity index (χ0v) is 11.7. The number of nitrogens with zero attached hydrogens (tertiary/aromatic N) is 3. The zero-order chi connectivity index (χ0) is 13.0. The van der Waals surface area contributed by atoms with Gasteiger partial charge in [-0.1, -0.05) is 6.92 Å². The SMILES string of the molecule is CCc1cc(C(=O)N(C)C(C)CCl)n(CC)n1. The van der Waals surface area contributed by atoms with E-state index in [1.807, 2.05) is 26.8 Å². The largest absolute Gasteiger partial charge is 0.336 e. The molecule has 1 aromatic rings. The van der Waals surface area contributed by atoms with E-state index in [9.17, 15) is 4.79 Å². The smallest absolute Gasteiger partial charge is 0.272 e. The van der Waals surface area contributed by atoms with Crippen LogP contribution in [0.4, 0.5) is 0 Å². The van der Waals surface area contributed by atoms with E-state index in [-0.39, 0.29) is 11.9 Å². The minimum Gasteiger partial charge on any atom is -0.336 e. The van der Waals surface area contributed by atoms with Gasteiger partial charge in [-0.05, 0) is 26.3 Å². The van der Waals surface area contributed by atoms with E-state index in [1.165, 1.54) is 0 Å². The summed E-state index contributed by atoms with van der Waals surface area (Å²) in [4.78, 5) is 13.9. The summed E-state index contributed by atoms with van der Waals surface area (Å²) < 4.78 is 1.75. The van der Waals surface area contributed by atoms with E-state index < -0.39 is 0 Å². The summed E-state index contributed by atoms with van der Waals surface area (Å²) in [6, 6.07) is 1.89. The van der Waals surface area contributed by atoms with Gasteiger partial charge in [0.25, 0.3) is 5.91 Å². The molecule has 0 aliphatic heterocycles. The minimum atomic E-state index is -0.0211. The number of carbonyl (C=O) groups is 1. The molecule has 0 radical (unpaired) electrons. The Morgan fingerprint density at radius 3 is 2.71 bits per heavy atom. The number of aryl methyl sites for hydroxylation is 2. The highest BCUT2D eigenvalue weighted by atomic mass is 35.5. The fourth-order valence-electron chi connectivity index (χ4n) is 1.54. The maximum Gasteiger partial charge on any atom is 0.272 e. The van der Waals surface area contributed by atoms with Crippen LogP contribution in [0, 0.1) is 0 Å². The predicted molar refractivity (Wildman–Crippen MR) is 69.6 cm³/mol. The van der Waals surface area contributed by atoms with Crippen LogP contribution >= 0.6 is 11.6 Å². The molecule has 1 aromatic heterocycles. The Labute approximate surface area is 108 Å². The van der Waals surface area contributed by atoms with E-state index in [0.717, 1.165) is 12.1 Å². The molecule has 1 heterocycles. The molecule has 1 atom stereocenters. The molecule has 96 valence electrons. The van der Waals surface area contributed by atoms with Crippen molar-refractivity contribution in [3.8, 4) is 0 Å². The first-order valence-electron chi connectivity index (χ1n) is 5.94.